The highest BCUT2D eigenvalue weighted by Gasteiger charge is 2.07. The summed E-state index contributed by atoms with van der Waals surface area (Å²) >= 11 is 4.10. The van der Waals surface area contributed by atoms with Gasteiger partial charge >= 0.3 is 0 Å². The first-order chi connectivity index (χ1) is 10.0. The van der Waals surface area contributed by atoms with Crippen LogP contribution in [-0.4, -0.2) is 5.11 Å². The highest BCUT2D eigenvalue weighted by molar-refractivity contribution is 14.1. The molecule has 0 bridgehead atoms. The molecule has 0 saturated heterocycles. The number of hydrogen-bond donors (Lipinski definition) is 1. The van der Waals surface area contributed by atoms with Gasteiger partial charge in [0.05, 0.1) is 30.4 Å². The van der Waals surface area contributed by atoms with Gasteiger partial charge in [0, 0.05) is 0 Å². The monoisotopic (exact) mass is 498 g/mol. The molecule has 0 unspecified atom stereocenters. The molecule has 0 spiro atoms. The molecule has 0 saturated carbocycles. The molecule has 2 aromatic rings. The average Bonchev–Trinajstić information content (AvgIpc) is 2.50. The predicted molar refractivity (Wildman–Crippen MR) is 98.2 cm³/mol. The van der Waals surface area contributed by atoms with Crippen molar-refractivity contribution in [3.63, 3.8) is 0 Å². The van der Waals surface area contributed by atoms with E-state index in [4.69, 9.17) is 5.26 Å². The lowest BCUT2D eigenvalue weighted by Crippen LogP contribution is -1.86. The van der Waals surface area contributed by atoms with Crippen molar-refractivity contribution in [1.29, 1.82) is 10.5 Å². The van der Waals surface area contributed by atoms with Gasteiger partial charge in [0.2, 0.25) is 0 Å². The van der Waals surface area contributed by atoms with Gasteiger partial charge in [0.1, 0.15) is 5.75 Å². The molecule has 21 heavy (non-hydrogen) atoms. The van der Waals surface area contributed by atoms with E-state index in [1.54, 1.807) is 30.3 Å². The highest BCUT2D eigenvalue weighted by Crippen LogP contribution is 2.29. The zero-order chi connectivity index (χ0) is 15.4. The number of rotatable bonds is 2. The van der Waals surface area contributed by atoms with Crippen molar-refractivity contribution in [2.45, 2.75) is 0 Å². The van der Waals surface area contributed by atoms with E-state index in [9.17, 15) is 10.4 Å². The first-order valence-corrected chi connectivity index (χ1v) is 8.01. The minimum atomic E-state index is 0.248. The van der Waals surface area contributed by atoms with Crippen LogP contribution in [0.1, 0.15) is 16.7 Å². The molecule has 0 aliphatic carbocycles. The first kappa shape index (κ1) is 15.8. The van der Waals surface area contributed by atoms with Crippen LogP contribution in [0.5, 0.6) is 5.75 Å². The van der Waals surface area contributed by atoms with Crippen LogP contribution >= 0.6 is 45.2 Å². The molecule has 0 aliphatic rings. The fourth-order valence-electron chi connectivity index (χ4n) is 1.77. The van der Waals surface area contributed by atoms with Gasteiger partial charge in [-0.25, -0.2) is 0 Å². The third-order valence-electron chi connectivity index (χ3n) is 2.77. The number of benzene rings is 2. The topological polar surface area (TPSA) is 67.8 Å². The third-order valence-corrected chi connectivity index (χ3v) is 4.42. The second-order valence-corrected chi connectivity index (χ2v) is 6.52. The van der Waals surface area contributed by atoms with Gasteiger partial charge in [-0.15, -0.1) is 0 Å². The van der Waals surface area contributed by atoms with E-state index in [1.807, 2.05) is 12.1 Å². The van der Waals surface area contributed by atoms with Gasteiger partial charge in [-0.2, -0.15) is 10.5 Å². The molecule has 0 atom stereocenters. The lowest BCUT2D eigenvalue weighted by molar-refractivity contribution is 0.467. The van der Waals surface area contributed by atoms with E-state index >= 15 is 0 Å². The van der Waals surface area contributed by atoms with Crippen molar-refractivity contribution < 1.29 is 5.11 Å². The van der Waals surface area contributed by atoms with E-state index < -0.39 is 0 Å². The summed E-state index contributed by atoms with van der Waals surface area (Å²) in [5.74, 6) is 0.248. The molecule has 0 aliphatic heterocycles. The van der Waals surface area contributed by atoms with Crippen molar-refractivity contribution in [2.75, 3.05) is 0 Å². The number of phenolic OH excluding ortho intramolecular Hbond substituents is 1. The predicted octanol–water partition coefficient (Wildman–Crippen LogP) is 4.54. The molecule has 0 heterocycles. The average molecular weight is 498 g/mol. The number of hydrogen-bond acceptors (Lipinski definition) is 3. The van der Waals surface area contributed by atoms with Gasteiger partial charge in [0.25, 0.3) is 0 Å². The van der Waals surface area contributed by atoms with E-state index in [0.29, 0.717) is 16.7 Å². The van der Waals surface area contributed by atoms with Gasteiger partial charge in [-0.05, 0) is 86.7 Å². The smallest absolute Gasteiger partial charge is 0.142 e. The Morgan fingerprint density at radius 1 is 1.10 bits per heavy atom. The number of phenols is 1. The van der Waals surface area contributed by atoms with Crippen LogP contribution in [0.4, 0.5) is 0 Å². The summed E-state index contributed by atoms with van der Waals surface area (Å²) < 4.78 is 1.46. The van der Waals surface area contributed by atoms with E-state index in [-0.39, 0.29) is 5.75 Å². The minimum absolute atomic E-state index is 0.248. The summed E-state index contributed by atoms with van der Waals surface area (Å²) in [5.41, 5.74) is 2.53. The van der Waals surface area contributed by atoms with Crippen LogP contribution in [0.15, 0.2) is 36.4 Å². The lowest BCUT2D eigenvalue weighted by Gasteiger charge is -2.04. The van der Waals surface area contributed by atoms with Crippen molar-refractivity contribution in [1.82, 2.24) is 0 Å². The van der Waals surface area contributed by atoms with Gasteiger partial charge in [0.15, 0.2) is 0 Å². The molecule has 102 valence electrons. The number of aromatic hydroxyl groups is 1. The molecular formula is C16H8I2N2O. The minimum Gasteiger partial charge on any atom is -0.506 e. The molecule has 3 nitrogen and oxygen atoms in total. The zero-order valence-electron chi connectivity index (χ0n) is 10.6. The van der Waals surface area contributed by atoms with Crippen LogP contribution < -0.4 is 0 Å². The summed E-state index contributed by atoms with van der Waals surface area (Å²) in [7, 11) is 0. The fourth-order valence-corrected chi connectivity index (χ4v) is 3.59. The maximum atomic E-state index is 9.77. The molecule has 0 amide bonds. The quantitative estimate of drug-likeness (QED) is 0.376. The number of allylic oxidation sites excluding steroid dienone is 1. The Balaban J connectivity index is 2.51. The molecule has 5 heteroatoms. The summed E-state index contributed by atoms with van der Waals surface area (Å²) in [6.07, 6.45) is 1.75. The Hall–Kier alpha value is -1.58. The summed E-state index contributed by atoms with van der Waals surface area (Å²) in [5, 5.41) is 28.0. The van der Waals surface area contributed by atoms with Crippen molar-refractivity contribution >= 4 is 56.8 Å². The normalized spacial score (nSPS) is 10.8. The Kier molecular flexibility index (Phi) is 5.21. The summed E-state index contributed by atoms with van der Waals surface area (Å²) in [6, 6.07) is 14.8. The maximum Gasteiger partial charge on any atom is 0.142 e. The standard InChI is InChI=1S/C16H8I2N2O/c17-14-6-11(7-15(18)16(14)21)5-13(9-20)12-3-1-2-10(4-12)8-19/h1-7,21H/b13-5-. The van der Waals surface area contributed by atoms with Crippen LogP contribution in [0, 0.1) is 29.8 Å². The number of halogens is 2. The fraction of sp³-hybridized carbons (Fsp3) is 0. The maximum absolute atomic E-state index is 9.77. The van der Waals surface area contributed by atoms with Crippen LogP contribution in [0.3, 0.4) is 0 Å². The van der Waals surface area contributed by atoms with E-state index in [0.717, 1.165) is 12.7 Å². The second kappa shape index (κ2) is 6.92. The second-order valence-electron chi connectivity index (χ2n) is 4.20. The zero-order valence-corrected chi connectivity index (χ0v) is 15.0. The molecule has 2 aromatic carbocycles. The summed E-state index contributed by atoms with van der Waals surface area (Å²) in [4.78, 5) is 0. The first-order valence-electron chi connectivity index (χ1n) is 5.85. The lowest BCUT2D eigenvalue weighted by atomic mass is 10.0. The van der Waals surface area contributed by atoms with E-state index in [1.165, 1.54) is 0 Å². The van der Waals surface area contributed by atoms with Crippen LogP contribution in [-0.2, 0) is 0 Å². The van der Waals surface area contributed by atoms with Gasteiger partial charge in [-0.1, -0.05) is 12.1 Å². The SMILES string of the molecule is N#C/C(=C/c1cc(I)c(O)c(I)c1)c1cccc(C#N)c1. The van der Waals surface area contributed by atoms with Gasteiger partial charge < -0.3 is 5.11 Å². The van der Waals surface area contributed by atoms with Crippen molar-refractivity contribution in [3.05, 3.63) is 60.2 Å². The van der Waals surface area contributed by atoms with Gasteiger partial charge in [-0.3, -0.25) is 0 Å². The number of nitriles is 2. The number of nitrogens with zero attached hydrogens (tertiary/aromatic N) is 2. The van der Waals surface area contributed by atoms with Crippen LogP contribution in [0.25, 0.3) is 11.6 Å². The molecular weight excluding hydrogens is 490 g/mol. The van der Waals surface area contributed by atoms with Crippen molar-refractivity contribution in [3.8, 4) is 17.9 Å². The summed E-state index contributed by atoms with van der Waals surface area (Å²) in [6.45, 7) is 0. The molecule has 0 aromatic heterocycles. The Morgan fingerprint density at radius 3 is 2.33 bits per heavy atom. The third kappa shape index (κ3) is 3.74. The largest absolute Gasteiger partial charge is 0.506 e. The Morgan fingerprint density at radius 2 is 1.76 bits per heavy atom. The van der Waals surface area contributed by atoms with E-state index in [2.05, 4.69) is 57.3 Å². The Bertz CT molecular complexity index is 791. The van der Waals surface area contributed by atoms with Crippen molar-refractivity contribution in [2.24, 2.45) is 0 Å². The molecule has 1 N–H and O–H groups in total. The van der Waals surface area contributed by atoms with Crippen LogP contribution in [0.2, 0.25) is 0 Å². The highest BCUT2D eigenvalue weighted by atomic mass is 127. The molecule has 0 radical (unpaired) electrons. The Labute approximate surface area is 149 Å². The molecule has 0 fully saturated rings. The molecule has 2 rings (SSSR count).